The molecule has 0 spiro atoms. The summed E-state index contributed by atoms with van der Waals surface area (Å²) in [6.07, 6.45) is 0. The van der Waals surface area contributed by atoms with Crippen molar-refractivity contribution in [2.24, 2.45) is 0 Å². The molecule has 10 aromatic rings. The summed E-state index contributed by atoms with van der Waals surface area (Å²) in [7, 11) is 0. The van der Waals surface area contributed by atoms with E-state index < -0.39 is 48.3 Å². The molecular weight excluding hydrogens is 908 g/mol. The highest BCUT2D eigenvalue weighted by Gasteiger charge is 2.14. The normalized spacial score (nSPS) is 14.2. The summed E-state index contributed by atoms with van der Waals surface area (Å²) in [5.41, 5.74) is 4.03. The fraction of sp³-hybridized carbons (Fsp3) is 0. The number of nitrogens with zero attached hydrogens (tertiary/aromatic N) is 2. The van der Waals surface area contributed by atoms with Crippen LogP contribution in [0.2, 0.25) is 0 Å². The van der Waals surface area contributed by atoms with Gasteiger partial charge in [0.15, 0.2) is 0 Å². The van der Waals surface area contributed by atoms with Crippen molar-refractivity contribution in [1.29, 1.82) is 0 Å². The van der Waals surface area contributed by atoms with Crippen LogP contribution in [0.3, 0.4) is 0 Å². The Morgan fingerprint density at radius 3 is 0.812 bits per heavy atom. The Hall–Kier alpha value is -7.24. The van der Waals surface area contributed by atoms with Crippen molar-refractivity contribution >= 4 is 66.0 Å². The number of halogens is 2. The van der Waals surface area contributed by atoms with E-state index in [4.69, 9.17) is 21.9 Å². The minimum atomic E-state index is -0.465. The van der Waals surface area contributed by atoms with Crippen LogP contribution >= 0.6 is 31.9 Å². The summed E-state index contributed by atoms with van der Waals surface area (Å²) in [6, 6.07) is 45.7. The van der Waals surface area contributed by atoms with Gasteiger partial charge in [-0.25, -0.2) is 0 Å². The fourth-order valence-electron chi connectivity index (χ4n) is 6.69. The molecule has 0 atom stereocenters. The van der Waals surface area contributed by atoms with Crippen molar-refractivity contribution < 1.29 is 21.9 Å². The molecule has 0 heterocycles. The van der Waals surface area contributed by atoms with Gasteiger partial charge in [-0.15, -0.1) is 0 Å². The lowest BCUT2D eigenvalue weighted by Crippen LogP contribution is -2.09. The second-order valence-electron chi connectivity index (χ2n) is 14.0. The Bertz CT molecular complexity index is 3780. The summed E-state index contributed by atoms with van der Waals surface area (Å²) in [5, 5.41) is 0. The van der Waals surface area contributed by atoms with Crippen LogP contribution in [0.15, 0.2) is 275 Å². The van der Waals surface area contributed by atoms with Gasteiger partial charge >= 0.3 is 0 Å². The standard InChI is InChI=1S/C42H32N2.C18H12Br2/c1-5-13-37(14-6-1)43(38-15-7-2-8-16-38)41-29-25-35(26-30-41)33-21-23-34(24-22-33)36-27-31-42(32-28-36)44(39-17-9-3-10-18-39)40-19-11-4-12-20-40;19-17-9-5-15(6-10-17)13-1-2-14(4-3-13)16-7-11-18(20)12-8-16/h1-32H;1-12H/i21D,22D,23D,24D,25D,26D,29D,30D;1D,2D,3D,4D,5D,6D,9D,10D. The minimum Gasteiger partial charge on any atom is -0.311 e. The highest BCUT2D eigenvalue weighted by molar-refractivity contribution is 9.10. The van der Waals surface area contributed by atoms with E-state index in [2.05, 4.69) is 36.8 Å². The van der Waals surface area contributed by atoms with E-state index in [1.165, 1.54) is 0 Å². The van der Waals surface area contributed by atoms with E-state index in [1.54, 1.807) is 41.3 Å². The average molecular weight is 969 g/mol. The quantitative estimate of drug-likeness (QED) is 0.135. The first-order chi connectivity index (χ1) is 38.3. The Kier molecular flexibility index (Phi) is 8.58. The number of benzene rings is 10. The average Bonchev–Trinajstić information content (AvgIpc) is 3.68. The lowest BCUT2D eigenvalue weighted by Gasteiger charge is -2.25. The Morgan fingerprint density at radius 2 is 0.469 bits per heavy atom. The first-order valence-corrected chi connectivity index (χ1v) is 21.6. The molecule has 0 saturated carbocycles. The van der Waals surface area contributed by atoms with Gasteiger partial charge < -0.3 is 9.80 Å². The van der Waals surface area contributed by atoms with Gasteiger partial charge in [0.1, 0.15) is 0 Å². The summed E-state index contributed by atoms with van der Waals surface area (Å²) < 4.78 is 139. The SMILES string of the molecule is [2H]c1c([2H])c(-c2c([2H])c([2H])c(-c3ccc(Br)cc3)c([2H])c2[2H])c([2H])c([2H])c1Br.[2H]c1c([2H])c(-c2c([2H])c([2H])c(N(c3ccccc3)c3ccccc3)c([2H])c2[2H])c([2H])c([2H])c1-c1ccc(N(c2ccccc2)c2ccccc2)cc1. The molecule has 0 aliphatic rings. The molecule has 308 valence electrons. The molecule has 0 saturated heterocycles. The third-order valence-electron chi connectivity index (χ3n) is 9.78. The predicted molar refractivity (Wildman–Crippen MR) is 279 cm³/mol. The first-order valence-electron chi connectivity index (χ1n) is 28.0. The monoisotopic (exact) mass is 966 g/mol. The number of rotatable bonds is 10. The maximum absolute atomic E-state index is 9.10. The first kappa shape index (κ1) is 27.1. The summed E-state index contributed by atoms with van der Waals surface area (Å²) in [4.78, 5) is 3.72. The number of para-hydroxylation sites is 4. The van der Waals surface area contributed by atoms with Gasteiger partial charge in [-0.3, -0.25) is 0 Å². The molecule has 0 aromatic heterocycles. The van der Waals surface area contributed by atoms with Gasteiger partial charge in [-0.1, -0.05) is 201 Å². The van der Waals surface area contributed by atoms with Crippen LogP contribution in [0.1, 0.15) is 21.9 Å². The molecule has 0 N–H and O–H groups in total. The van der Waals surface area contributed by atoms with Crippen LogP contribution in [-0.4, -0.2) is 0 Å². The lowest BCUT2D eigenvalue weighted by atomic mass is 9.99. The third-order valence-corrected chi connectivity index (χ3v) is 10.7. The molecule has 4 heteroatoms. The lowest BCUT2D eigenvalue weighted by molar-refractivity contribution is 1.28. The van der Waals surface area contributed by atoms with Crippen LogP contribution in [0.25, 0.3) is 44.5 Å². The third kappa shape index (κ3) is 10.2. The van der Waals surface area contributed by atoms with E-state index in [9.17, 15) is 0 Å². The van der Waals surface area contributed by atoms with Gasteiger partial charge in [0, 0.05) is 43.1 Å². The van der Waals surface area contributed by atoms with Crippen molar-refractivity contribution in [1.82, 2.24) is 0 Å². The zero-order valence-electron chi connectivity index (χ0n) is 49.8. The Morgan fingerprint density at radius 1 is 0.219 bits per heavy atom. The zero-order valence-corrected chi connectivity index (χ0v) is 37.0. The molecule has 10 rings (SSSR count). The van der Waals surface area contributed by atoms with Crippen LogP contribution in [0.5, 0.6) is 0 Å². The topological polar surface area (TPSA) is 6.48 Å². The molecule has 2 nitrogen and oxygen atoms in total. The molecule has 64 heavy (non-hydrogen) atoms. The highest BCUT2D eigenvalue weighted by atomic mass is 79.9. The molecule has 0 fully saturated rings. The number of hydrogen-bond donors (Lipinski definition) is 0. The Labute approximate surface area is 416 Å². The fourth-order valence-corrected chi connectivity index (χ4v) is 7.15. The van der Waals surface area contributed by atoms with E-state index >= 15 is 0 Å². The van der Waals surface area contributed by atoms with Gasteiger partial charge in [0.2, 0.25) is 0 Å². The van der Waals surface area contributed by atoms with E-state index in [0.29, 0.717) is 22.5 Å². The smallest absolute Gasteiger partial charge is 0.0645 e. The number of hydrogen-bond acceptors (Lipinski definition) is 2. The van der Waals surface area contributed by atoms with Crippen molar-refractivity contribution in [3.63, 3.8) is 0 Å². The maximum Gasteiger partial charge on any atom is 0.0645 e. The van der Waals surface area contributed by atoms with E-state index in [0.717, 1.165) is 21.5 Å². The Balaban J connectivity index is 0.000000233. The van der Waals surface area contributed by atoms with Gasteiger partial charge in [0.25, 0.3) is 0 Å². The van der Waals surface area contributed by atoms with Gasteiger partial charge in [-0.2, -0.15) is 0 Å². The molecule has 0 bridgehead atoms. The zero-order chi connectivity index (χ0) is 57.4. The molecule has 0 aliphatic carbocycles. The summed E-state index contributed by atoms with van der Waals surface area (Å²) in [5.74, 6) is 0. The van der Waals surface area contributed by atoms with Crippen LogP contribution < -0.4 is 9.80 Å². The summed E-state index contributed by atoms with van der Waals surface area (Å²) >= 11 is 6.33. The molecule has 0 radical (unpaired) electrons. The second kappa shape index (κ2) is 20.3. The summed E-state index contributed by atoms with van der Waals surface area (Å²) in [6.45, 7) is 0. The molecule has 0 amide bonds. The molecule has 10 aromatic carbocycles. The van der Waals surface area contributed by atoms with Crippen LogP contribution in [0, 0.1) is 0 Å². The van der Waals surface area contributed by atoms with Crippen LogP contribution in [-0.2, 0) is 0 Å². The molecular formula is C60H44Br2N2. The van der Waals surface area contributed by atoms with Crippen LogP contribution in [0.4, 0.5) is 34.1 Å². The van der Waals surface area contributed by atoms with Crippen molar-refractivity contribution in [2.75, 3.05) is 9.80 Å². The second-order valence-corrected chi connectivity index (χ2v) is 15.7. The van der Waals surface area contributed by atoms with E-state index in [1.807, 2.05) is 133 Å². The highest BCUT2D eigenvalue weighted by Crippen LogP contribution is 2.38. The van der Waals surface area contributed by atoms with Crippen molar-refractivity contribution in [3.05, 3.63) is 275 Å². The molecule has 0 aliphatic heterocycles. The maximum atomic E-state index is 9.10. The van der Waals surface area contributed by atoms with Crippen molar-refractivity contribution in [3.8, 4) is 44.5 Å². The number of anilines is 6. The van der Waals surface area contributed by atoms with Crippen molar-refractivity contribution in [2.45, 2.75) is 0 Å². The largest absolute Gasteiger partial charge is 0.311 e. The van der Waals surface area contributed by atoms with E-state index in [-0.39, 0.29) is 91.9 Å². The minimum absolute atomic E-state index is 0.00293. The molecule has 0 unspecified atom stereocenters. The van der Waals surface area contributed by atoms with Gasteiger partial charge in [-0.05, 0) is 141 Å². The predicted octanol–water partition coefficient (Wildman–Crippen LogP) is 18.5. The van der Waals surface area contributed by atoms with Gasteiger partial charge in [0.05, 0.1) is 21.9 Å².